The maximum absolute atomic E-state index is 4.94. The maximum atomic E-state index is 4.94. The topological polar surface area (TPSA) is 28.5 Å². The average molecular weight is 412 g/mol. The summed E-state index contributed by atoms with van der Waals surface area (Å²) in [5.41, 5.74) is 5.85. The quantitative estimate of drug-likeness (QED) is 0.538. The second-order valence-corrected chi connectivity index (χ2v) is 8.05. The average Bonchev–Trinajstić information content (AvgIpc) is 3.23. The molecule has 25 heavy (non-hydrogen) atoms. The first-order valence-corrected chi connectivity index (χ1v) is 9.89. The molecule has 0 N–H and O–H groups in total. The lowest BCUT2D eigenvalue weighted by molar-refractivity contribution is 0.705. The van der Waals surface area contributed by atoms with Gasteiger partial charge < -0.3 is 0 Å². The molecular formula is C20H18BrN3S. The molecule has 4 rings (SSSR count). The van der Waals surface area contributed by atoms with E-state index in [0.717, 1.165) is 27.4 Å². The molecule has 1 aromatic heterocycles. The Kier molecular flexibility index (Phi) is 4.44. The van der Waals surface area contributed by atoms with Gasteiger partial charge >= 0.3 is 0 Å². The first kappa shape index (κ1) is 16.5. The third-order valence-corrected chi connectivity index (χ3v) is 5.83. The van der Waals surface area contributed by atoms with E-state index in [2.05, 4.69) is 86.8 Å². The van der Waals surface area contributed by atoms with Crippen LogP contribution in [0.1, 0.15) is 34.8 Å². The summed E-state index contributed by atoms with van der Waals surface area (Å²) in [5.74, 6) is 0. The Balaban J connectivity index is 1.73. The molecule has 1 aliphatic heterocycles. The van der Waals surface area contributed by atoms with E-state index in [1.54, 1.807) is 11.3 Å². The summed E-state index contributed by atoms with van der Waals surface area (Å²) in [5, 5.41) is 10.0. The molecule has 3 nitrogen and oxygen atoms in total. The minimum atomic E-state index is 0.176. The van der Waals surface area contributed by atoms with Gasteiger partial charge in [-0.15, -0.1) is 11.3 Å². The molecule has 1 unspecified atom stereocenters. The number of aryl methyl sites for hydroxylation is 2. The van der Waals surface area contributed by atoms with E-state index in [1.807, 2.05) is 6.92 Å². The van der Waals surface area contributed by atoms with Crippen molar-refractivity contribution in [3.05, 3.63) is 80.8 Å². The Labute approximate surface area is 160 Å². The van der Waals surface area contributed by atoms with E-state index < -0.39 is 0 Å². The molecule has 1 aliphatic rings. The van der Waals surface area contributed by atoms with Gasteiger partial charge in [0.15, 0.2) is 0 Å². The van der Waals surface area contributed by atoms with Crippen molar-refractivity contribution in [2.75, 3.05) is 5.01 Å². The summed E-state index contributed by atoms with van der Waals surface area (Å²) in [4.78, 5) is 4.66. The zero-order valence-corrected chi connectivity index (χ0v) is 16.5. The largest absolute Gasteiger partial charge is 0.231 e. The van der Waals surface area contributed by atoms with Gasteiger partial charge in [-0.1, -0.05) is 57.9 Å². The highest BCUT2D eigenvalue weighted by atomic mass is 79.9. The lowest BCUT2D eigenvalue weighted by Gasteiger charge is -2.21. The van der Waals surface area contributed by atoms with E-state index in [4.69, 9.17) is 5.10 Å². The van der Waals surface area contributed by atoms with Crippen LogP contribution in [0.15, 0.2) is 63.5 Å². The fourth-order valence-corrected chi connectivity index (χ4v) is 4.06. The van der Waals surface area contributed by atoms with Gasteiger partial charge in [-0.25, -0.2) is 9.99 Å². The van der Waals surface area contributed by atoms with Gasteiger partial charge in [-0.3, -0.25) is 0 Å². The molecular weight excluding hydrogens is 394 g/mol. The second kappa shape index (κ2) is 6.73. The van der Waals surface area contributed by atoms with Crippen molar-refractivity contribution in [3.63, 3.8) is 0 Å². The van der Waals surface area contributed by atoms with Gasteiger partial charge in [0.25, 0.3) is 0 Å². The molecule has 1 atom stereocenters. The van der Waals surface area contributed by atoms with E-state index in [9.17, 15) is 0 Å². The lowest BCUT2D eigenvalue weighted by atomic mass is 9.98. The predicted octanol–water partition coefficient (Wildman–Crippen LogP) is 5.88. The van der Waals surface area contributed by atoms with E-state index in [-0.39, 0.29) is 6.04 Å². The summed E-state index contributed by atoms with van der Waals surface area (Å²) in [7, 11) is 0. The van der Waals surface area contributed by atoms with Crippen LogP contribution in [0.5, 0.6) is 0 Å². The van der Waals surface area contributed by atoms with Crippen LogP contribution in [-0.2, 0) is 0 Å². The highest BCUT2D eigenvalue weighted by Crippen LogP contribution is 2.38. The van der Waals surface area contributed by atoms with Crippen LogP contribution in [0.25, 0.3) is 0 Å². The van der Waals surface area contributed by atoms with Crippen LogP contribution in [0.4, 0.5) is 5.13 Å². The summed E-state index contributed by atoms with van der Waals surface area (Å²) >= 11 is 5.17. The highest BCUT2D eigenvalue weighted by molar-refractivity contribution is 9.10. The molecule has 0 fully saturated rings. The Morgan fingerprint density at radius 2 is 1.76 bits per heavy atom. The number of anilines is 1. The van der Waals surface area contributed by atoms with Gasteiger partial charge in [0, 0.05) is 16.3 Å². The number of rotatable bonds is 3. The number of thiazole rings is 1. The minimum Gasteiger partial charge on any atom is -0.231 e. The van der Waals surface area contributed by atoms with Gasteiger partial charge in [-0.05, 0) is 37.1 Å². The van der Waals surface area contributed by atoms with Crippen molar-refractivity contribution >= 4 is 38.1 Å². The Morgan fingerprint density at radius 1 is 1.04 bits per heavy atom. The van der Waals surface area contributed by atoms with E-state index in [1.165, 1.54) is 16.7 Å². The third kappa shape index (κ3) is 3.39. The molecule has 0 amide bonds. The molecule has 0 spiro atoms. The number of hydrogen-bond donors (Lipinski definition) is 0. The number of hydrazone groups is 1. The number of aromatic nitrogens is 1. The van der Waals surface area contributed by atoms with Gasteiger partial charge in [0.1, 0.15) is 0 Å². The van der Waals surface area contributed by atoms with Crippen molar-refractivity contribution in [1.29, 1.82) is 0 Å². The molecule has 2 aromatic carbocycles. The molecule has 5 heteroatoms. The number of hydrogen-bond acceptors (Lipinski definition) is 4. The van der Waals surface area contributed by atoms with Crippen LogP contribution in [0, 0.1) is 13.8 Å². The molecule has 0 radical (unpaired) electrons. The first-order valence-electron chi connectivity index (χ1n) is 8.21. The SMILES string of the molecule is Cc1ccc(C2=NN(c3nc(C)cs3)C(c3ccc(Br)cc3)C2)cc1. The minimum absolute atomic E-state index is 0.176. The van der Waals surface area contributed by atoms with Crippen LogP contribution >= 0.6 is 27.3 Å². The lowest BCUT2D eigenvalue weighted by Crippen LogP contribution is -2.18. The number of halogens is 1. The molecule has 0 saturated heterocycles. The van der Waals surface area contributed by atoms with E-state index in [0.29, 0.717) is 0 Å². The van der Waals surface area contributed by atoms with Crippen LogP contribution in [0.2, 0.25) is 0 Å². The van der Waals surface area contributed by atoms with Crippen LogP contribution in [0.3, 0.4) is 0 Å². The van der Waals surface area contributed by atoms with Crippen molar-refractivity contribution in [3.8, 4) is 0 Å². The monoisotopic (exact) mass is 411 g/mol. The fourth-order valence-electron chi connectivity index (χ4n) is 3.00. The van der Waals surface area contributed by atoms with Gasteiger partial charge in [0.05, 0.1) is 17.4 Å². The number of nitrogens with zero attached hydrogens (tertiary/aromatic N) is 3. The Hall–Kier alpha value is -1.98. The smallest absolute Gasteiger partial charge is 0.206 e. The molecule has 0 bridgehead atoms. The van der Waals surface area contributed by atoms with Crippen molar-refractivity contribution in [1.82, 2.24) is 4.98 Å². The van der Waals surface area contributed by atoms with Gasteiger partial charge in [-0.2, -0.15) is 5.10 Å². The standard InChI is InChI=1S/C20H18BrN3S/c1-13-3-5-15(6-4-13)18-11-19(16-7-9-17(21)10-8-16)24(23-18)20-22-14(2)12-25-20/h3-10,12,19H,11H2,1-2H3. The maximum Gasteiger partial charge on any atom is 0.206 e. The second-order valence-electron chi connectivity index (χ2n) is 6.30. The summed E-state index contributed by atoms with van der Waals surface area (Å²) in [6.07, 6.45) is 0.878. The molecule has 3 aromatic rings. The Bertz CT molecular complexity index is 913. The molecule has 0 aliphatic carbocycles. The highest BCUT2D eigenvalue weighted by Gasteiger charge is 2.31. The summed E-state index contributed by atoms with van der Waals surface area (Å²) in [6.45, 7) is 4.13. The van der Waals surface area contributed by atoms with Crippen molar-refractivity contribution in [2.24, 2.45) is 5.10 Å². The Morgan fingerprint density at radius 3 is 2.40 bits per heavy atom. The fraction of sp³-hybridized carbons (Fsp3) is 0.200. The zero-order chi connectivity index (χ0) is 17.4. The van der Waals surface area contributed by atoms with Crippen molar-refractivity contribution in [2.45, 2.75) is 26.3 Å². The zero-order valence-electron chi connectivity index (χ0n) is 14.1. The van der Waals surface area contributed by atoms with Crippen LogP contribution < -0.4 is 5.01 Å². The van der Waals surface area contributed by atoms with Crippen LogP contribution in [-0.4, -0.2) is 10.7 Å². The number of benzene rings is 2. The summed E-state index contributed by atoms with van der Waals surface area (Å²) in [6, 6.07) is 17.3. The summed E-state index contributed by atoms with van der Waals surface area (Å²) < 4.78 is 1.09. The molecule has 126 valence electrons. The van der Waals surface area contributed by atoms with E-state index >= 15 is 0 Å². The predicted molar refractivity (Wildman–Crippen MR) is 109 cm³/mol. The molecule has 2 heterocycles. The van der Waals surface area contributed by atoms with Gasteiger partial charge in [0.2, 0.25) is 5.13 Å². The van der Waals surface area contributed by atoms with Crippen molar-refractivity contribution < 1.29 is 0 Å². The molecule has 0 saturated carbocycles. The normalized spacial score (nSPS) is 17.0. The third-order valence-electron chi connectivity index (χ3n) is 4.35. The first-order chi connectivity index (χ1) is 12.1.